The van der Waals surface area contributed by atoms with E-state index in [9.17, 15) is 13.2 Å². The van der Waals surface area contributed by atoms with Gasteiger partial charge in [-0.15, -0.1) is 11.6 Å². The standard InChI is InChI=1S/C17H18ClNO3S/c1-13(20)16-6-2-3-7-17(16)19-23(21,22)15-10-8-14(9-11-15)5-4-12-18/h2-3,6-11,19H,4-5,12H2,1H3. The van der Waals surface area contributed by atoms with Gasteiger partial charge in [0.25, 0.3) is 10.0 Å². The molecule has 0 spiro atoms. The quantitative estimate of drug-likeness (QED) is 0.608. The Bertz CT molecular complexity index is 786. The van der Waals surface area contributed by atoms with Crippen LogP contribution in [0.15, 0.2) is 53.4 Å². The summed E-state index contributed by atoms with van der Waals surface area (Å²) in [6.45, 7) is 1.40. The summed E-state index contributed by atoms with van der Waals surface area (Å²) in [5.41, 5.74) is 1.66. The maximum atomic E-state index is 12.5. The number of carbonyl (C=O) groups excluding carboxylic acids is 1. The number of alkyl halides is 1. The lowest BCUT2D eigenvalue weighted by Crippen LogP contribution is -2.15. The second kappa shape index (κ2) is 7.62. The van der Waals surface area contributed by atoms with E-state index in [4.69, 9.17) is 11.6 Å². The molecule has 0 bridgehead atoms. The molecular formula is C17H18ClNO3S. The minimum atomic E-state index is -3.73. The molecule has 0 aliphatic rings. The van der Waals surface area contributed by atoms with Crippen molar-refractivity contribution in [3.05, 3.63) is 59.7 Å². The van der Waals surface area contributed by atoms with E-state index in [1.807, 2.05) is 0 Å². The predicted molar refractivity (Wildman–Crippen MR) is 92.7 cm³/mol. The lowest BCUT2D eigenvalue weighted by molar-refractivity contribution is 0.101. The van der Waals surface area contributed by atoms with Crippen molar-refractivity contribution in [3.63, 3.8) is 0 Å². The SMILES string of the molecule is CC(=O)c1ccccc1NS(=O)(=O)c1ccc(CCCCl)cc1. The fourth-order valence-electron chi connectivity index (χ4n) is 2.19. The van der Waals surface area contributed by atoms with Gasteiger partial charge in [-0.1, -0.05) is 24.3 Å². The Morgan fingerprint density at radius 3 is 2.35 bits per heavy atom. The van der Waals surface area contributed by atoms with Crippen LogP contribution in [0.1, 0.15) is 29.3 Å². The van der Waals surface area contributed by atoms with Crippen LogP contribution in [-0.2, 0) is 16.4 Å². The molecule has 1 N–H and O–H groups in total. The molecule has 0 fully saturated rings. The minimum Gasteiger partial charge on any atom is -0.294 e. The molecule has 2 aromatic rings. The highest BCUT2D eigenvalue weighted by Crippen LogP contribution is 2.21. The third kappa shape index (κ3) is 4.56. The van der Waals surface area contributed by atoms with Gasteiger partial charge in [-0.05, 0) is 49.6 Å². The van der Waals surface area contributed by atoms with Crippen molar-refractivity contribution >= 4 is 33.1 Å². The summed E-state index contributed by atoms with van der Waals surface area (Å²) in [6.07, 6.45) is 1.66. The van der Waals surface area contributed by atoms with Gasteiger partial charge in [0.1, 0.15) is 0 Å². The maximum absolute atomic E-state index is 12.5. The first-order chi connectivity index (χ1) is 10.9. The van der Waals surface area contributed by atoms with Crippen LogP contribution in [-0.4, -0.2) is 20.1 Å². The zero-order chi connectivity index (χ0) is 16.9. The van der Waals surface area contributed by atoms with E-state index in [1.54, 1.807) is 48.5 Å². The first-order valence-corrected chi connectivity index (χ1v) is 9.23. The van der Waals surface area contributed by atoms with E-state index in [0.717, 1.165) is 18.4 Å². The molecule has 122 valence electrons. The monoisotopic (exact) mass is 351 g/mol. The molecule has 2 rings (SSSR count). The van der Waals surface area contributed by atoms with E-state index in [-0.39, 0.29) is 16.4 Å². The number of ketones is 1. The van der Waals surface area contributed by atoms with Gasteiger partial charge in [0.15, 0.2) is 5.78 Å². The average Bonchev–Trinajstić information content (AvgIpc) is 2.53. The molecule has 0 aliphatic heterocycles. The van der Waals surface area contributed by atoms with E-state index in [2.05, 4.69) is 4.72 Å². The second-order valence-corrected chi connectivity index (χ2v) is 7.20. The second-order valence-electron chi connectivity index (χ2n) is 5.14. The summed E-state index contributed by atoms with van der Waals surface area (Å²) in [4.78, 5) is 11.7. The fourth-order valence-corrected chi connectivity index (χ4v) is 3.40. The minimum absolute atomic E-state index is 0.158. The van der Waals surface area contributed by atoms with Crippen LogP contribution < -0.4 is 4.72 Å². The number of Topliss-reactive ketones (excluding diaryl/α,β-unsaturated/α-hetero) is 1. The molecule has 0 saturated carbocycles. The number of para-hydroxylation sites is 1. The van der Waals surface area contributed by atoms with Crippen LogP contribution in [0.25, 0.3) is 0 Å². The van der Waals surface area contributed by atoms with E-state index in [0.29, 0.717) is 11.4 Å². The van der Waals surface area contributed by atoms with Gasteiger partial charge >= 0.3 is 0 Å². The van der Waals surface area contributed by atoms with Crippen molar-refractivity contribution in [2.75, 3.05) is 10.6 Å². The molecule has 0 heterocycles. The van der Waals surface area contributed by atoms with Crippen molar-refractivity contribution in [3.8, 4) is 0 Å². The average molecular weight is 352 g/mol. The van der Waals surface area contributed by atoms with Gasteiger partial charge in [-0.2, -0.15) is 0 Å². The highest BCUT2D eigenvalue weighted by molar-refractivity contribution is 7.92. The molecule has 2 aromatic carbocycles. The third-order valence-electron chi connectivity index (χ3n) is 3.38. The summed E-state index contributed by atoms with van der Waals surface area (Å²) >= 11 is 5.65. The molecule has 0 atom stereocenters. The Labute approximate surface area is 141 Å². The summed E-state index contributed by atoms with van der Waals surface area (Å²) in [5.74, 6) is 0.378. The number of sulfonamides is 1. The molecule has 0 unspecified atom stereocenters. The third-order valence-corrected chi connectivity index (χ3v) is 5.03. The Morgan fingerprint density at radius 2 is 1.74 bits per heavy atom. The van der Waals surface area contributed by atoms with Gasteiger partial charge in [0.2, 0.25) is 0 Å². The van der Waals surface area contributed by atoms with Gasteiger partial charge in [-0.3, -0.25) is 9.52 Å². The number of nitrogens with one attached hydrogen (secondary N) is 1. The highest BCUT2D eigenvalue weighted by Gasteiger charge is 2.17. The zero-order valence-electron chi connectivity index (χ0n) is 12.8. The summed E-state index contributed by atoms with van der Waals surface area (Å²) in [6, 6.07) is 13.2. The van der Waals surface area contributed by atoms with Crippen molar-refractivity contribution in [1.29, 1.82) is 0 Å². The van der Waals surface area contributed by atoms with Crippen molar-refractivity contribution in [1.82, 2.24) is 0 Å². The highest BCUT2D eigenvalue weighted by atomic mass is 35.5. The van der Waals surface area contributed by atoms with Crippen molar-refractivity contribution < 1.29 is 13.2 Å². The Kier molecular flexibility index (Phi) is 5.80. The largest absolute Gasteiger partial charge is 0.294 e. The summed E-state index contributed by atoms with van der Waals surface area (Å²) < 4.78 is 27.4. The molecular weight excluding hydrogens is 334 g/mol. The van der Waals surface area contributed by atoms with Crippen molar-refractivity contribution in [2.24, 2.45) is 0 Å². The maximum Gasteiger partial charge on any atom is 0.261 e. The molecule has 0 amide bonds. The summed E-state index contributed by atoms with van der Waals surface area (Å²) in [5, 5.41) is 0. The zero-order valence-corrected chi connectivity index (χ0v) is 14.3. The first-order valence-electron chi connectivity index (χ1n) is 7.22. The molecule has 0 aliphatic carbocycles. The van der Waals surface area contributed by atoms with Crippen LogP contribution in [0, 0.1) is 0 Å². The van der Waals surface area contributed by atoms with Gasteiger partial charge < -0.3 is 0 Å². The number of hydrogen-bond acceptors (Lipinski definition) is 3. The fraction of sp³-hybridized carbons (Fsp3) is 0.235. The number of anilines is 1. The van der Waals surface area contributed by atoms with E-state index >= 15 is 0 Å². The Morgan fingerprint density at radius 1 is 1.09 bits per heavy atom. The molecule has 0 saturated heterocycles. The Balaban J connectivity index is 2.24. The normalized spacial score (nSPS) is 11.2. The lowest BCUT2D eigenvalue weighted by atomic mass is 10.1. The molecule has 0 radical (unpaired) electrons. The van der Waals surface area contributed by atoms with Crippen molar-refractivity contribution in [2.45, 2.75) is 24.7 Å². The molecule has 4 nitrogen and oxygen atoms in total. The number of halogens is 1. The smallest absolute Gasteiger partial charge is 0.261 e. The number of aryl methyl sites for hydroxylation is 1. The van der Waals surface area contributed by atoms with Gasteiger partial charge in [0, 0.05) is 11.4 Å². The number of hydrogen-bond donors (Lipinski definition) is 1. The van der Waals surface area contributed by atoms with Crippen LogP contribution in [0.4, 0.5) is 5.69 Å². The van der Waals surface area contributed by atoms with Crippen LogP contribution >= 0.6 is 11.6 Å². The first kappa shape index (κ1) is 17.5. The Hall–Kier alpha value is -1.85. The van der Waals surface area contributed by atoms with Gasteiger partial charge in [0.05, 0.1) is 10.6 Å². The molecule has 6 heteroatoms. The molecule has 23 heavy (non-hydrogen) atoms. The topological polar surface area (TPSA) is 63.2 Å². The number of carbonyl (C=O) groups is 1. The van der Waals surface area contributed by atoms with E-state index in [1.165, 1.54) is 6.92 Å². The summed E-state index contributed by atoms with van der Waals surface area (Å²) in [7, 11) is -3.73. The van der Waals surface area contributed by atoms with Crippen LogP contribution in [0.3, 0.4) is 0 Å². The van der Waals surface area contributed by atoms with Crippen LogP contribution in [0.2, 0.25) is 0 Å². The lowest BCUT2D eigenvalue weighted by Gasteiger charge is -2.11. The number of rotatable bonds is 7. The van der Waals surface area contributed by atoms with Gasteiger partial charge in [-0.25, -0.2) is 8.42 Å². The predicted octanol–water partition coefficient (Wildman–Crippen LogP) is 3.86. The van der Waals surface area contributed by atoms with Crippen LogP contribution in [0.5, 0.6) is 0 Å². The van der Waals surface area contributed by atoms with E-state index < -0.39 is 10.0 Å². The molecule has 0 aromatic heterocycles. The number of benzene rings is 2.